The monoisotopic (exact) mass is 287 g/mol. The van der Waals surface area contributed by atoms with Crippen molar-refractivity contribution in [1.29, 1.82) is 0 Å². The molecule has 0 bridgehead atoms. The van der Waals surface area contributed by atoms with Gasteiger partial charge in [-0.15, -0.1) is 0 Å². The first-order chi connectivity index (χ1) is 10.0. The number of methoxy groups -OCH3 is 1. The van der Waals surface area contributed by atoms with Gasteiger partial charge in [-0.25, -0.2) is 4.79 Å². The molecule has 0 heterocycles. The van der Waals surface area contributed by atoms with Crippen LogP contribution in [0.2, 0.25) is 0 Å². The fourth-order valence-corrected chi connectivity index (χ4v) is 2.16. The number of ether oxygens (including phenoxy) is 1. The molecular weight excluding hydrogens is 274 g/mol. The maximum atomic E-state index is 11.3. The van der Waals surface area contributed by atoms with Crippen molar-refractivity contribution >= 4 is 11.7 Å². The van der Waals surface area contributed by atoms with Crippen LogP contribution in [0.25, 0.3) is 0 Å². The second-order valence-corrected chi connectivity index (χ2v) is 4.37. The lowest BCUT2D eigenvalue weighted by molar-refractivity contribution is -0.385. The molecule has 108 valence electrons. The van der Waals surface area contributed by atoms with Gasteiger partial charge in [-0.05, 0) is 11.6 Å². The molecule has 0 aliphatic carbocycles. The summed E-state index contributed by atoms with van der Waals surface area (Å²) in [5.41, 5.74) is 0.902. The van der Waals surface area contributed by atoms with Gasteiger partial charge < -0.3 is 9.84 Å². The summed E-state index contributed by atoms with van der Waals surface area (Å²) < 4.78 is 5.10. The van der Waals surface area contributed by atoms with Gasteiger partial charge >= 0.3 is 11.7 Å². The van der Waals surface area contributed by atoms with Crippen LogP contribution in [-0.4, -0.2) is 23.1 Å². The van der Waals surface area contributed by atoms with Gasteiger partial charge in [0.25, 0.3) is 0 Å². The molecule has 0 amide bonds. The van der Waals surface area contributed by atoms with Gasteiger partial charge in [-0.1, -0.05) is 30.3 Å². The molecule has 0 fully saturated rings. The first-order valence-electron chi connectivity index (χ1n) is 6.16. The van der Waals surface area contributed by atoms with Crippen molar-refractivity contribution in [3.8, 4) is 5.75 Å². The summed E-state index contributed by atoms with van der Waals surface area (Å²) in [5, 5.41) is 20.3. The standard InChI is InChI=1S/C15H13NO5/c1-21-14-12(9-10-5-3-2-4-6-10)11(15(17)18)7-8-13(14)16(19)20/h2-8H,9H2,1H3,(H,17,18). The van der Waals surface area contributed by atoms with E-state index < -0.39 is 10.9 Å². The van der Waals surface area contributed by atoms with E-state index in [9.17, 15) is 20.0 Å². The molecule has 6 nitrogen and oxygen atoms in total. The van der Waals surface area contributed by atoms with Crippen molar-refractivity contribution in [2.24, 2.45) is 0 Å². The van der Waals surface area contributed by atoms with Crippen LogP contribution in [0, 0.1) is 10.1 Å². The molecule has 1 N–H and O–H groups in total. The van der Waals surface area contributed by atoms with E-state index in [-0.39, 0.29) is 23.4 Å². The van der Waals surface area contributed by atoms with Crippen LogP contribution in [0.5, 0.6) is 5.75 Å². The fourth-order valence-electron chi connectivity index (χ4n) is 2.16. The molecule has 0 atom stereocenters. The third kappa shape index (κ3) is 3.00. The molecule has 6 heteroatoms. The van der Waals surface area contributed by atoms with Crippen LogP contribution >= 0.6 is 0 Å². The molecule has 0 spiro atoms. The second-order valence-electron chi connectivity index (χ2n) is 4.37. The van der Waals surface area contributed by atoms with E-state index in [1.54, 1.807) is 0 Å². The lowest BCUT2D eigenvalue weighted by Gasteiger charge is -2.12. The molecule has 0 unspecified atom stereocenters. The van der Waals surface area contributed by atoms with Crippen LogP contribution in [0.3, 0.4) is 0 Å². The summed E-state index contributed by atoms with van der Waals surface area (Å²) in [6.07, 6.45) is 0.243. The first-order valence-corrected chi connectivity index (χ1v) is 6.16. The van der Waals surface area contributed by atoms with Gasteiger partial charge in [0.05, 0.1) is 17.6 Å². The summed E-state index contributed by atoms with van der Waals surface area (Å²) in [4.78, 5) is 21.8. The minimum Gasteiger partial charge on any atom is -0.490 e. The largest absolute Gasteiger partial charge is 0.490 e. The maximum absolute atomic E-state index is 11.3. The Balaban J connectivity index is 2.61. The Morgan fingerprint density at radius 2 is 1.90 bits per heavy atom. The summed E-state index contributed by atoms with van der Waals surface area (Å²) >= 11 is 0. The van der Waals surface area contributed by atoms with E-state index in [0.717, 1.165) is 11.6 Å². The van der Waals surface area contributed by atoms with E-state index in [2.05, 4.69) is 0 Å². The molecule has 0 radical (unpaired) electrons. The topological polar surface area (TPSA) is 89.7 Å². The predicted molar refractivity (Wildman–Crippen MR) is 75.9 cm³/mol. The molecule has 0 aliphatic rings. The molecule has 0 saturated heterocycles. The number of hydrogen-bond acceptors (Lipinski definition) is 4. The summed E-state index contributed by atoms with van der Waals surface area (Å²) in [6, 6.07) is 11.5. The Kier molecular flexibility index (Phi) is 4.18. The van der Waals surface area contributed by atoms with Gasteiger partial charge in [-0.3, -0.25) is 10.1 Å². The average molecular weight is 287 g/mol. The lowest BCUT2D eigenvalue weighted by Crippen LogP contribution is -2.07. The molecular formula is C15H13NO5. The zero-order chi connectivity index (χ0) is 15.4. The SMILES string of the molecule is COc1c([N+](=O)[O-])ccc(C(=O)O)c1Cc1ccccc1. The molecule has 0 aliphatic heterocycles. The summed E-state index contributed by atoms with van der Waals surface area (Å²) in [6.45, 7) is 0. The first kappa shape index (κ1) is 14.5. The highest BCUT2D eigenvalue weighted by Gasteiger charge is 2.24. The Morgan fingerprint density at radius 1 is 1.24 bits per heavy atom. The van der Waals surface area contributed by atoms with E-state index >= 15 is 0 Å². The van der Waals surface area contributed by atoms with Crippen LogP contribution in [0.4, 0.5) is 5.69 Å². The van der Waals surface area contributed by atoms with Gasteiger partial charge in [0.1, 0.15) is 0 Å². The normalized spacial score (nSPS) is 10.1. The quantitative estimate of drug-likeness (QED) is 0.674. The molecule has 0 aromatic heterocycles. The van der Waals surface area contributed by atoms with E-state index in [1.807, 2.05) is 30.3 Å². The van der Waals surface area contributed by atoms with Gasteiger partial charge in [-0.2, -0.15) is 0 Å². The zero-order valence-electron chi connectivity index (χ0n) is 11.3. The van der Waals surface area contributed by atoms with Crippen molar-refractivity contribution in [3.63, 3.8) is 0 Å². The summed E-state index contributed by atoms with van der Waals surface area (Å²) in [5.74, 6) is -1.15. The number of rotatable bonds is 5. The fraction of sp³-hybridized carbons (Fsp3) is 0.133. The number of nitrogens with zero attached hydrogens (tertiary/aromatic N) is 1. The van der Waals surface area contributed by atoms with Crippen molar-refractivity contribution in [3.05, 3.63) is 69.3 Å². The number of hydrogen-bond donors (Lipinski definition) is 1. The molecule has 2 aromatic carbocycles. The van der Waals surface area contributed by atoms with E-state index in [0.29, 0.717) is 5.56 Å². The molecule has 21 heavy (non-hydrogen) atoms. The van der Waals surface area contributed by atoms with Gasteiger partial charge in [0, 0.05) is 18.1 Å². The Hall–Kier alpha value is -2.89. The Bertz CT molecular complexity index is 682. The number of carboxylic acids is 1. The highest BCUT2D eigenvalue weighted by atomic mass is 16.6. The van der Waals surface area contributed by atoms with Crippen molar-refractivity contribution < 1.29 is 19.6 Å². The van der Waals surface area contributed by atoms with Crippen LogP contribution < -0.4 is 4.74 Å². The van der Waals surface area contributed by atoms with Crippen LogP contribution in [-0.2, 0) is 6.42 Å². The minimum atomic E-state index is -1.14. The Morgan fingerprint density at radius 3 is 2.43 bits per heavy atom. The maximum Gasteiger partial charge on any atom is 0.336 e. The van der Waals surface area contributed by atoms with Crippen LogP contribution in [0.1, 0.15) is 21.5 Å². The minimum absolute atomic E-state index is 0.00121. The number of carboxylic acid groups (broad SMARTS) is 1. The number of carbonyl (C=O) groups is 1. The molecule has 2 aromatic rings. The zero-order valence-corrected chi connectivity index (χ0v) is 11.3. The Labute approximate surface area is 120 Å². The predicted octanol–water partition coefficient (Wildman–Crippen LogP) is 2.89. The van der Waals surface area contributed by atoms with Crippen LogP contribution in [0.15, 0.2) is 42.5 Å². The van der Waals surface area contributed by atoms with E-state index in [1.165, 1.54) is 13.2 Å². The van der Waals surface area contributed by atoms with Crippen molar-refractivity contribution in [2.45, 2.75) is 6.42 Å². The number of aromatic carboxylic acids is 1. The molecule has 0 saturated carbocycles. The highest BCUT2D eigenvalue weighted by Crippen LogP contribution is 2.34. The highest BCUT2D eigenvalue weighted by molar-refractivity contribution is 5.91. The van der Waals surface area contributed by atoms with Gasteiger partial charge in [0.15, 0.2) is 0 Å². The lowest BCUT2D eigenvalue weighted by atomic mass is 9.97. The van der Waals surface area contributed by atoms with Crippen molar-refractivity contribution in [2.75, 3.05) is 7.11 Å². The third-order valence-corrected chi connectivity index (χ3v) is 3.09. The van der Waals surface area contributed by atoms with Gasteiger partial charge in [0.2, 0.25) is 5.75 Å². The number of nitro benzene ring substituents is 1. The van der Waals surface area contributed by atoms with Crippen molar-refractivity contribution in [1.82, 2.24) is 0 Å². The summed E-state index contributed by atoms with van der Waals surface area (Å²) in [7, 11) is 1.29. The number of nitro groups is 1. The molecule has 2 rings (SSSR count). The smallest absolute Gasteiger partial charge is 0.336 e. The second kappa shape index (κ2) is 6.04. The number of benzene rings is 2. The van der Waals surface area contributed by atoms with E-state index in [4.69, 9.17) is 4.74 Å². The third-order valence-electron chi connectivity index (χ3n) is 3.09. The average Bonchev–Trinajstić information content (AvgIpc) is 2.47.